The van der Waals surface area contributed by atoms with Crippen LogP contribution in [-0.2, 0) is 27.9 Å². The summed E-state index contributed by atoms with van der Waals surface area (Å²) in [6.07, 6.45) is 60.7. The van der Waals surface area contributed by atoms with Gasteiger partial charge in [-0.05, 0) is 83.5 Å². The van der Waals surface area contributed by atoms with E-state index < -0.39 is 13.9 Å². The van der Waals surface area contributed by atoms with Gasteiger partial charge in [0.2, 0.25) is 0 Å². The van der Waals surface area contributed by atoms with Crippen molar-refractivity contribution in [1.82, 2.24) is 0 Å². The molecule has 0 bridgehead atoms. The lowest BCUT2D eigenvalue weighted by atomic mass is 10.1. The van der Waals surface area contributed by atoms with Crippen LogP contribution in [0.25, 0.3) is 0 Å². The molecule has 0 aromatic carbocycles. The number of rotatable bonds is 46. The molecule has 0 saturated carbocycles. The molecule has 0 radical (unpaired) electrons. The summed E-state index contributed by atoms with van der Waals surface area (Å²) in [4.78, 5) is 22.6. The highest BCUT2D eigenvalue weighted by molar-refractivity contribution is 7.47. The molecular weight excluding hydrogens is 770 g/mol. The van der Waals surface area contributed by atoms with E-state index in [9.17, 15) is 14.3 Å². The maximum absolute atomic E-state index is 12.6. The molecule has 0 aliphatic rings. The van der Waals surface area contributed by atoms with Gasteiger partial charge >= 0.3 is 13.8 Å². The number of carbonyl (C=O) groups is 1. The number of phosphoric ester groups is 1. The first kappa shape index (κ1) is 57.9. The van der Waals surface area contributed by atoms with Gasteiger partial charge in [0.1, 0.15) is 6.10 Å². The Balaban J connectivity index is 4.01. The van der Waals surface area contributed by atoms with E-state index in [1.54, 1.807) is 0 Å². The van der Waals surface area contributed by atoms with Crippen LogP contribution in [0.2, 0.25) is 0 Å². The minimum atomic E-state index is -4.29. The molecule has 0 heterocycles. The van der Waals surface area contributed by atoms with Gasteiger partial charge in [-0.1, -0.05) is 189 Å². The normalized spacial score (nSPS) is 14.0. The summed E-state index contributed by atoms with van der Waals surface area (Å²) in [5, 5.41) is 0. The fourth-order valence-electron chi connectivity index (χ4n) is 6.55. The number of phosphoric acid groups is 1. The predicted octanol–water partition coefficient (Wildman–Crippen LogP) is 15.1. The van der Waals surface area contributed by atoms with Crippen molar-refractivity contribution < 1.29 is 32.8 Å². The Morgan fingerprint density at radius 1 is 0.517 bits per heavy atom. The molecule has 0 aromatic heterocycles. The van der Waals surface area contributed by atoms with Crippen LogP contribution in [0, 0.1) is 0 Å². The molecule has 3 N–H and O–H groups in total. The summed E-state index contributed by atoms with van der Waals surface area (Å²) < 4.78 is 33.5. The van der Waals surface area contributed by atoms with Crippen molar-refractivity contribution in [1.29, 1.82) is 0 Å². The van der Waals surface area contributed by atoms with E-state index in [-0.39, 0.29) is 32.3 Å². The summed E-state index contributed by atoms with van der Waals surface area (Å²) >= 11 is 0. The lowest BCUT2D eigenvalue weighted by Crippen LogP contribution is -2.28. The van der Waals surface area contributed by atoms with E-state index in [1.807, 2.05) is 0 Å². The van der Waals surface area contributed by atoms with Crippen molar-refractivity contribution in [2.24, 2.45) is 5.73 Å². The van der Waals surface area contributed by atoms with E-state index in [0.717, 1.165) is 77.0 Å². The molecule has 0 aliphatic carbocycles. The summed E-state index contributed by atoms with van der Waals surface area (Å²) in [6.45, 7) is 4.78. The van der Waals surface area contributed by atoms with Crippen molar-refractivity contribution in [2.75, 3.05) is 33.0 Å². The van der Waals surface area contributed by atoms with E-state index in [2.05, 4.69) is 86.8 Å². The molecular formula is C51H92NO7P. The average Bonchev–Trinajstić information content (AvgIpc) is 3.24. The second-order valence-corrected chi connectivity index (χ2v) is 17.4. The highest BCUT2D eigenvalue weighted by Gasteiger charge is 2.25. The monoisotopic (exact) mass is 862 g/mol. The molecule has 0 fully saturated rings. The van der Waals surface area contributed by atoms with Gasteiger partial charge in [0.15, 0.2) is 0 Å². The van der Waals surface area contributed by atoms with E-state index in [1.165, 1.54) is 109 Å². The highest BCUT2D eigenvalue weighted by Crippen LogP contribution is 2.43. The van der Waals surface area contributed by atoms with Crippen molar-refractivity contribution >= 4 is 13.8 Å². The molecule has 0 rings (SSSR count). The Labute approximate surface area is 369 Å². The number of ether oxygens (including phenoxy) is 2. The second kappa shape index (κ2) is 48.0. The van der Waals surface area contributed by atoms with Crippen LogP contribution < -0.4 is 5.73 Å². The summed E-state index contributed by atoms with van der Waals surface area (Å²) in [6, 6.07) is 0. The van der Waals surface area contributed by atoms with Gasteiger partial charge in [-0.2, -0.15) is 0 Å². The zero-order valence-corrected chi connectivity index (χ0v) is 39.6. The molecule has 0 aromatic rings. The van der Waals surface area contributed by atoms with Gasteiger partial charge in [0, 0.05) is 19.6 Å². The zero-order valence-electron chi connectivity index (χ0n) is 38.7. The molecule has 0 saturated heterocycles. The van der Waals surface area contributed by atoms with E-state index in [0.29, 0.717) is 13.0 Å². The summed E-state index contributed by atoms with van der Waals surface area (Å²) in [7, 11) is -4.29. The van der Waals surface area contributed by atoms with Crippen LogP contribution >= 0.6 is 7.82 Å². The standard InChI is InChI=1S/C51H92NO7P/c1-3-5-7-9-11-13-15-17-19-21-23-24-25-26-27-28-30-32-34-36-38-40-42-44-51(53)59-50(49-58-60(54,55)57-47-45-52)48-56-46-43-41-39-37-35-33-31-29-22-20-18-16-14-12-10-8-6-4-2/h6,8,12,14-15,17-18,20-21,23,25-26,50H,3-5,7,9-11,13,16,19,22,24,27-49,52H2,1-2H3,(H,54,55)/b8-6-,14-12-,17-15-,20-18-,23-21-,26-25-. The Morgan fingerprint density at radius 2 is 0.933 bits per heavy atom. The largest absolute Gasteiger partial charge is 0.472 e. The number of carbonyl (C=O) groups excluding carboxylic acids is 1. The number of hydrogen-bond donors (Lipinski definition) is 2. The van der Waals surface area contributed by atoms with Gasteiger partial charge in [-0.3, -0.25) is 13.8 Å². The molecule has 348 valence electrons. The number of unbranched alkanes of at least 4 members (excludes halogenated alkanes) is 21. The lowest BCUT2D eigenvalue weighted by molar-refractivity contribution is -0.154. The fourth-order valence-corrected chi connectivity index (χ4v) is 7.31. The van der Waals surface area contributed by atoms with Crippen LogP contribution in [0.5, 0.6) is 0 Å². The van der Waals surface area contributed by atoms with Crippen LogP contribution in [-0.4, -0.2) is 49.9 Å². The minimum Gasteiger partial charge on any atom is -0.457 e. The third-order valence-corrected chi connectivity index (χ3v) is 11.1. The molecule has 2 atom stereocenters. The summed E-state index contributed by atoms with van der Waals surface area (Å²) in [5.74, 6) is -0.342. The van der Waals surface area contributed by atoms with Crippen LogP contribution in [0.3, 0.4) is 0 Å². The average molecular weight is 862 g/mol. The Kier molecular flexibility index (Phi) is 46.3. The van der Waals surface area contributed by atoms with E-state index >= 15 is 0 Å². The Morgan fingerprint density at radius 3 is 1.40 bits per heavy atom. The van der Waals surface area contributed by atoms with Gasteiger partial charge in [-0.25, -0.2) is 4.57 Å². The molecule has 9 heteroatoms. The Hall–Kier alpha value is -2.06. The highest BCUT2D eigenvalue weighted by atomic mass is 31.2. The van der Waals surface area contributed by atoms with Crippen molar-refractivity contribution in [3.05, 3.63) is 72.9 Å². The fraction of sp³-hybridized carbons (Fsp3) is 0.745. The van der Waals surface area contributed by atoms with E-state index in [4.69, 9.17) is 24.3 Å². The quantitative estimate of drug-likeness (QED) is 0.0269. The van der Waals surface area contributed by atoms with Gasteiger partial charge in [-0.15, -0.1) is 0 Å². The maximum atomic E-state index is 12.6. The van der Waals surface area contributed by atoms with Gasteiger partial charge in [0.05, 0.1) is 19.8 Å². The first-order chi connectivity index (χ1) is 29.4. The van der Waals surface area contributed by atoms with Crippen molar-refractivity contribution in [2.45, 2.75) is 213 Å². The number of allylic oxidation sites excluding steroid dienone is 12. The van der Waals surface area contributed by atoms with Crippen molar-refractivity contribution in [3.8, 4) is 0 Å². The smallest absolute Gasteiger partial charge is 0.457 e. The maximum Gasteiger partial charge on any atom is 0.472 e. The predicted molar refractivity (Wildman–Crippen MR) is 256 cm³/mol. The first-order valence-electron chi connectivity index (χ1n) is 24.4. The molecule has 8 nitrogen and oxygen atoms in total. The lowest BCUT2D eigenvalue weighted by Gasteiger charge is -2.20. The molecule has 0 spiro atoms. The third kappa shape index (κ3) is 47.0. The van der Waals surface area contributed by atoms with Crippen molar-refractivity contribution in [3.63, 3.8) is 0 Å². The second-order valence-electron chi connectivity index (χ2n) is 15.9. The molecule has 60 heavy (non-hydrogen) atoms. The van der Waals surface area contributed by atoms with Crippen LogP contribution in [0.4, 0.5) is 0 Å². The van der Waals surface area contributed by atoms with Crippen LogP contribution in [0.1, 0.15) is 206 Å². The minimum absolute atomic E-state index is 0.0943. The topological polar surface area (TPSA) is 117 Å². The molecule has 0 aliphatic heterocycles. The zero-order chi connectivity index (χ0) is 43.7. The number of esters is 1. The van der Waals surface area contributed by atoms with Crippen LogP contribution in [0.15, 0.2) is 72.9 Å². The Bertz CT molecular complexity index is 1150. The molecule has 0 amide bonds. The number of hydrogen-bond acceptors (Lipinski definition) is 7. The third-order valence-electron chi connectivity index (χ3n) is 10.1. The van der Waals surface area contributed by atoms with Gasteiger partial charge in [0.25, 0.3) is 0 Å². The summed E-state index contributed by atoms with van der Waals surface area (Å²) in [5.41, 5.74) is 5.38. The SMILES string of the molecule is CC/C=C\C/C=C\C/C=C\CCCCCCCCCCOCC(COP(=O)(O)OCCN)OC(=O)CCCCCCCCCC/C=C\C/C=C\C/C=C\CCCCCCC. The van der Waals surface area contributed by atoms with Gasteiger partial charge < -0.3 is 20.1 Å². The molecule has 2 unspecified atom stereocenters. The number of nitrogens with two attached hydrogens (primary N) is 1. The first-order valence-corrected chi connectivity index (χ1v) is 25.9.